The number of hydrogen-bond acceptors (Lipinski definition) is 6. The van der Waals surface area contributed by atoms with E-state index in [9.17, 15) is 0 Å². The molecule has 2 aromatic carbocycles. The van der Waals surface area contributed by atoms with E-state index in [1.54, 1.807) is 14.2 Å². The SMILES string of the molecule is CCN(CC)CCON=C1c2cc(OC)c(OC)cc2OC2(c3ccccc3)CC12. The van der Waals surface area contributed by atoms with Crippen LogP contribution in [0.3, 0.4) is 0 Å². The summed E-state index contributed by atoms with van der Waals surface area (Å²) in [4.78, 5) is 8.11. The number of rotatable bonds is 9. The highest BCUT2D eigenvalue weighted by atomic mass is 16.6. The minimum atomic E-state index is -0.394. The van der Waals surface area contributed by atoms with Crippen LogP contribution in [0.5, 0.6) is 17.2 Å². The molecular weight excluding hydrogens is 380 g/mol. The van der Waals surface area contributed by atoms with Gasteiger partial charge in [0.25, 0.3) is 0 Å². The molecule has 2 aromatic rings. The summed E-state index contributed by atoms with van der Waals surface area (Å²) in [5.74, 6) is 2.19. The molecule has 0 radical (unpaired) electrons. The zero-order valence-corrected chi connectivity index (χ0v) is 18.2. The van der Waals surface area contributed by atoms with Crippen molar-refractivity contribution in [3.05, 3.63) is 53.6 Å². The fourth-order valence-corrected chi connectivity index (χ4v) is 4.24. The first-order valence-electron chi connectivity index (χ1n) is 10.6. The smallest absolute Gasteiger partial charge is 0.164 e. The largest absolute Gasteiger partial charge is 0.493 e. The zero-order valence-electron chi connectivity index (χ0n) is 18.2. The van der Waals surface area contributed by atoms with E-state index in [0.29, 0.717) is 18.1 Å². The second-order valence-corrected chi connectivity index (χ2v) is 7.65. The number of likely N-dealkylation sites (N-methyl/N-ethyl adjacent to an activating group) is 1. The first-order chi connectivity index (χ1) is 14.7. The Morgan fingerprint density at radius 3 is 2.43 bits per heavy atom. The maximum Gasteiger partial charge on any atom is 0.164 e. The quantitative estimate of drug-likeness (QED) is 0.461. The topological polar surface area (TPSA) is 52.5 Å². The van der Waals surface area contributed by atoms with Gasteiger partial charge in [0.05, 0.1) is 25.8 Å². The van der Waals surface area contributed by atoms with E-state index in [0.717, 1.165) is 48.6 Å². The van der Waals surface area contributed by atoms with Gasteiger partial charge in [0.15, 0.2) is 11.5 Å². The van der Waals surface area contributed by atoms with Gasteiger partial charge >= 0.3 is 0 Å². The fraction of sp³-hybridized carbons (Fsp3) is 0.458. The Kier molecular flexibility index (Phi) is 5.86. The summed E-state index contributed by atoms with van der Waals surface area (Å²) in [7, 11) is 3.27. The van der Waals surface area contributed by atoms with E-state index in [1.807, 2.05) is 30.3 Å². The summed E-state index contributed by atoms with van der Waals surface area (Å²) in [5.41, 5.74) is 2.59. The lowest BCUT2D eigenvalue weighted by Gasteiger charge is -2.28. The number of oxime groups is 1. The zero-order chi connectivity index (χ0) is 21.1. The molecule has 2 atom stereocenters. The predicted octanol–water partition coefficient (Wildman–Crippen LogP) is 4.07. The van der Waals surface area contributed by atoms with Crippen molar-refractivity contribution in [2.75, 3.05) is 40.5 Å². The van der Waals surface area contributed by atoms with Gasteiger partial charge in [-0.2, -0.15) is 0 Å². The van der Waals surface area contributed by atoms with Crippen molar-refractivity contribution in [2.45, 2.75) is 25.9 Å². The molecule has 1 heterocycles. The molecule has 30 heavy (non-hydrogen) atoms. The molecule has 1 aliphatic carbocycles. The maximum atomic E-state index is 6.55. The molecule has 1 fully saturated rings. The molecule has 4 rings (SSSR count). The molecule has 1 saturated carbocycles. The fourth-order valence-electron chi connectivity index (χ4n) is 4.24. The Balaban J connectivity index is 1.67. The normalized spacial score (nSPS) is 22.8. The molecule has 6 nitrogen and oxygen atoms in total. The molecule has 160 valence electrons. The average molecular weight is 411 g/mol. The Morgan fingerprint density at radius 2 is 1.77 bits per heavy atom. The standard InChI is InChI=1S/C24H30N2O4/c1-5-26(6-2)12-13-29-25-23-18-14-21(27-3)22(28-4)15-20(18)30-24(16-19(23)24)17-10-8-7-9-11-17/h7-11,14-15,19H,5-6,12-13,16H2,1-4H3. The van der Waals surface area contributed by atoms with Crippen molar-refractivity contribution in [3.63, 3.8) is 0 Å². The van der Waals surface area contributed by atoms with Gasteiger partial charge in [0.1, 0.15) is 18.0 Å². The highest BCUT2D eigenvalue weighted by molar-refractivity contribution is 6.08. The molecule has 2 unspecified atom stereocenters. The van der Waals surface area contributed by atoms with Gasteiger partial charge in [-0.1, -0.05) is 49.3 Å². The first-order valence-corrected chi connectivity index (χ1v) is 10.6. The number of methoxy groups -OCH3 is 2. The summed E-state index contributed by atoms with van der Waals surface area (Å²) in [6, 6.07) is 14.2. The lowest BCUT2D eigenvalue weighted by Crippen LogP contribution is -2.29. The third kappa shape index (κ3) is 3.60. The van der Waals surface area contributed by atoms with E-state index >= 15 is 0 Å². The average Bonchev–Trinajstić information content (AvgIpc) is 3.53. The number of fused-ring (bicyclic) bond motifs is 2. The summed E-state index contributed by atoms with van der Waals surface area (Å²) in [6.07, 6.45) is 0.870. The molecule has 0 bridgehead atoms. The highest BCUT2D eigenvalue weighted by Gasteiger charge is 2.64. The van der Waals surface area contributed by atoms with Gasteiger partial charge < -0.3 is 23.9 Å². The van der Waals surface area contributed by atoms with Gasteiger partial charge in [0.2, 0.25) is 0 Å². The van der Waals surface area contributed by atoms with Crippen LogP contribution in [0.4, 0.5) is 0 Å². The molecule has 0 saturated heterocycles. The number of nitrogens with zero attached hydrogens (tertiary/aromatic N) is 2. The molecular formula is C24H30N2O4. The van der Waals surface area contributed by atoms with Crippen LogP contribution in [0.25, 0.3) is 0 Å². The summed E-state index contributed by atoms with van der Waals surface area (Å²) in [5, 5.41) is 4.60. The molecule has 0 amide bonds. The van der Waals surface area contributed by atoms with E-state index in [-0.39, 0.29) is 5.92 Å². The van der Waals surface area contributed by atoms with Gasteiger partial charge in [-0.3, -0.25) is 0 Å². The monoisotopic (exact) mass is 410 g/mol. The maximum absolute atomic E-state index is 6.55. The van der Waals surface area contributed by atoms with Crippen molar-refractivity contribution in [3.8, 4) is 17.2 Å². The second kappa shape index (κ2) is 8.56. The van der Waals surface area contributed by atoms with E-state index in [4.69, 9.17) is 19.0 Å². The minimum Gasteiger partial charge on any atom is -0.493 e. The van der Waals surface area contributed by atoms with Crippen molar-refractivity contribution in [1.29, 1.82) is 0 Å². The Bertz CT molecular complexity index is 911. The van der Waals surface area contributed by atoms with Gasteiger partial charge in [-0.15, -0.1) is 0 Å². The van der Waals surface area contributed by atoms with E-state index in [1.165, 1.54) is 0 Å². The Morgan fingerprint density at radius 1 is 1.07 bits per heavy atom. The van der Waals surface area contributed by atoms with Crippen molar-refractivity contribution in [2.24, 2.45) is 11.1 Å². The number of benzene rings is 2. The van der Waals surface area contributed by atoms with Crippen molar-refractivity contribution < 1.29 is 19.0 Å². The van der Waals surface area contributed by atoms with Gasteiger partial charge in [-0.05, 0) is 24.7 Å². The van der Waals surface area contributed by atoms with Gasteiger partial charge in [0, 0.05) is 24.6 Å². The Hall–Kier alpha value is -2.73. The van der Waals surface area contributed by atoms with Crippen LogP contribution in [0, 0.1) is 5.92 Å². The third-order valence-electron chi connectivity index (χ3n) is 6.11. The van der Waals surface area contributed by atoms with Crippen LogP contribution < -0.4 is 14.2 Å². The van der Waals surface area contributed by atoms with Gasteiger partial charge in [-0.25, -0.2) is 0 Å². The first kappa shape index (κ1) is 20.5. The highest BCUT2D eigenvalue weighted by Crippen LogP contribution is 2.61. The van der Waals surface area contributed by atoms with Crippen LogP contribution in [0.1, 0.15) is 31.4 Å². The summed E-state index contributed by atoms with van der Waals surface area (Å²) >= 11 is 0. The van der Waals surface area contributed by atoms with E-state index < -0.39 is 5.60 Å². The second-order valence-electron chi connectivity index (χ2n) is 7.65. The molecule has 6 heteroatoms. The number of ether oxygens (including phenoxy) is 3. The predicted molar refractivity (Wildman–Crippen MR) is 117 cm³/mol. The van der Waals surface area contributed by atoms with Crippen LogP contribution in [0.15, 0.2) is 47.6 Å². The van der Waals surface area contributed by atoms with Crippen LogP contribution in [-0.4, -0.2) is 51.1 Å². The molecule has 1 aliphatic heterocycles. The molecule has 0 N–H and O–H groups in total. The van der Waals surface area contributed by atoms with Crippen molar-refractivity contribution in [1.82, 2.24) is 4.90 Å². The van der Waals surface area contributed by atoms with Crippen LogP contribution in [0.2, 0.25) is 0 Å². The third-order valence-corrected chi connectivity index (χ3v) is 6.11. The Labute approximate surface area is 178 Å². The lowest BCUT2D eigenvalue weighted by atomic mass is 9.95. The molecule has 0 aromatic heterocycles. The lowest BCUT2D eigenvalue weighted by molar-refractivity contribution is 0.111. The summed E-state index contributed by atoms with van der Waals surface area (Å²) < 4.78 is 17.6. The molecule has 0 spiro atoms. The van der Waals surface area contributed by atoms with Crippen LogP contribution in [-0.2, 0) is 10.4 Å². The summed E-state index contributed by atoms with van der Waals surface area (Å²) in [6.45, 7) is 7.73. The van der Waals surface area contributed by atoms with Crippen LogP contribution >= 0.6 is 0 Å². The van der Waals surface area contributed by atoms with E-state index in [2.05, 4.69) is 36.0 Å². The molecule has 2 aliphatic rings. The van der Waals surface area contributed by atoms with Crippen molar-refractivity contribution >= 4 is 5.71 Å². The minimum absolute atomic E-state index is 0.152. The number of hydrogen-bond donors (Lipinski definition) is 0.